The van der Waals surface area contributed by atoms with E-state index < -0.39 is 0 Å². The molecule has 0 radical (unpaired) electrons. The minimum atomic E-state index is 0.00408. The van der Waals surface area contributed by atoms with Gasteiger partial charge in [0, 0.05) is 26.2 Å². The molecule has 0 heterocycles. The van der Waals surface area contributed by atoms with E-state index in [4.69, 9.17) is 0 Å². The van der Waals surface area contributed by atoms with Gasteiger partial charge in [-0.05, 0) is 26.7 Å². The smallest absolute Gasteiger partial charge is 0.243 e. The Morgan fingerprint density at radius 3 is 1.89 bits per heavy atom. The summed E-state index contributed by atoms with van der Waals surface area (Å²) in [5.74, 6) is 0.721. The molecule has 2 N–H and O–H groups in total. The number of nitrogens with one attached hydrogen (secondary N) is 2. The number of aliphatic imine (C=N–C) groups is 1. The van der Waals surface area contributed by atoms with Gasteiger partial charge in [0.1, 0.15) is 6.54 Å². The summed E-state index contributed by atoms with van der Waals surface area (Å²) >= 11 is 0. The molecule has 0 fully saturated rings. The maximum atomic E-state index is 11.5. The number of carbonyl (C=O) groups excluding carboxylic acids is 1. The summed E-state index contributed by atoms with van der Waals surface area (Å²) in [7, 11) is 3.48. The number of rotatable bonds is 6. The van der Waals surface area contributed by atoms with Gasteiger partial charge in [0.05, 0.1) is 0 Å². The fraction of sp³-hybridized carbons (Fsp3) is 0.846. The van der Waals surface area contributed by atoms with Crippen LogP contribution in [0, 0.1) is 0 Å². The van der Waals surface area contributed by atoms with Gasteiger partial charge in [-0.15, -0.1) is 0 Å². The summed E-state index contributed by atoms with van der Waals surface area (Å²) in [6.07, 6.45) is 2.03. The summed E-state index contributed by atoms with van der Waals surface area (Å²) < 4.78 is 0. The van der Waals surface area contributed by atoms with Crippen LogP contribution >= 0.6 is 0 Å². The largest absolute Gasteiger partial charge is 0.354 e. The molecule has 5 nitrogen and oxygen atoms in total. The monoisotopic (exact) mass is 256 g/mol. The third kappa shape index (κ3) is 7.14. The molecule has 0 aliphatic heterocycles. The standard InChI is InChI=1S/C13H28N4O/c1-7-10(3)15-13(16-11(4)8-2)14-9-12(18)17(5)6/h10-11H,7-9H2,1-6H3,(H2,14,15,16). The summed E-state index contributed by atoms with van der Waals surface area (Å²) in [6, 6.07) is 0.685. The van der Waals surface area contributed by atoms with E-state index in [0.717, 1.165) is 12.8 Å². The number of likely N-dealkylation sites (N-methyl/N-ethyl adjacent to an activating group) is 1. The average Bonchev–Trinajstić information content (AvgIpc) is 2.34. The molecular formula is C13H28N4O. The lowest BCUT2D eigenvalue weighted by atomic mass is 10.2. The molecule has 0 aromatic rings. The van der Waals surface area contributed by atoms with Crippen molar-refractivity contribution in [3.8, 4) is 0 Å². The van der Waals surface area contributed by atoms with E-state index in [9.17, 15) is 4.79 Å². The lowest BCUT2D eigenvalue weighted by Crippen LogP contribution is -2.46. The van der Waals surface area contributed by atoms with Crippen LogP contribution in [0.5, 0.6) is 0 Å². The first-order valence-corrected chi connectivity index (χ1v) is 6.68. The molecule has 0 spiro atoms. The molecule has 0 saturated carbocycles. The molecule has 18 heavy (non-hydrogen) atoms. The van der Waals surface area contributed by atoms with E-state index in [1.165, 1.54) is 0 Å². The van der Waals surface area contributed by atoms with Crippen LogP contribution in [-0.2, 0) is 4.79 Å². The molecule has 0 bridgehead atoms. The van der Waals surface area contributed by atoms with Crippen LogP contribution in [0.1, 0.15) is 40.5 Å². The fourth-order valence-corrected chi connectivity index (χ4v) is 1.09. The first-order chi connectivity index (χ1) is 8.40. The van der Waals surface area contributed by atoms with Crippen LogP contribution in [0.25, 0.3) is 0 Å². The predicted octanol–water partition coefficient (Wildman–Crippen LogP) is 1.21. The Kier molecular flexibility index (Phi) is 8.16. The highest BCUT2D eigenvalue weighted by molar-refractivity contribution is 5.85. The van der Waals surface area contributed by atoms with Crippen LogP contribution in [-0.4, -0.2) is 49.5 Å². The van der Waals surface area contributed by atoms with Gasteiger partial charge >= 0.3 is 0 Å². The normalized spacial score (nSPS) is 13.4. The van der Waals surface area contributed by atoms with Crippen molar-refractivity contribution in [3.63, 3.8) is 0 Å². The lowest BCUT2D eigenvalue weighted by molar-refractivity contribution is -0.127. The zero-order valence-electron chi connectivity index (χ0n) is 12.6. The molecule has 5 heteroatoms. The summed E-state index contributed by atoms with van der Waals surface area (Å²) in [5, 5.41) is 6.59. The summed E-state index contributed by atoms with van der Waals surface area (Å²) in [5.41, 5.74) is 0. The zero-order chi connectivity index (χ0) is 14.1. The predicted molar refractivity (Wildman–Crippen MR) is 76.8 cm³/mol. The highest BCUT2D eigenvalue weighted by Gasteiger charge is 2.08. The van der Waals surface area contributed by atoms with E-state index >= 15 is 0 Å². The van der Waals surface area contributed by atoms with Crippen LogP contribution in [0.4, 0.5) is 0 Å². The molecule has 0 aliphatic rings. The molecule has 1 amide bonds. The molecule has 0 aromatic heterocycles. The fourth-order valence-electron chi connectivity index (χ4n) is 1.09. The maximum absolute atomic E-state index is 11.5. The quantitative estimate of drug-likeness (QED) is 0.555. The highest BCUT2D eigenvalue weighted by atomic mass is 16.2. The zero-order valence-corrected chi connectivity index (χ0v) is 12.6. The van der Waals surface area contributed by atoms with E-state index in [-0.39, 0.29) is 12.5 Å². The molecule has 2 atom stereocenters. The van der Waals surface area contributed by atoms with Crippen molar-refractivity contribution in [3.05, 3.63) is 0 Å². The van der Waals surface area contributed by atoms with Crippen LogP contribution in [0.15, 0.2) is 4.99 Å². The first-order valence-electron chi connectivity index (χ1n) is 6.68. The van der Waals surface area contributed by atoms with Gasteiger partial charge in [-0.25, -0.2) is 4.99 Å². The van der Waals surface area contributed by atoms with Gasteiger partial charge < -0.3 is 15.5 Å². The van der Waals surface area contributed by atoms with Crippen molar-refractivity contribution >= 4 is 11.9 Å². The maximum Gasteiger partial charge on any atom is 0.243 e. The topological polar surface area (TPSA) is 56.7 Å². The van der Waals surface area contributed by atoms with Crippen LogP contribution < -0.4 is 10.6 Å². The number of carbonyl (C=O) groups is 1. The van der Waals surface area contributed by atoms with Gasteiger partial charge in [0.25, 0.3) is 0 Å². The minimum Gasteiger partial charge on any atom is -0.354 e. The van der Waals surface area contributed by atoms with Crippen molar-refractivity contribution in [2.45, 2.75) is 52.6 Å². The minimum absolute atomic E-state index is 0.00408. The third-order valence-electron chi connectivity index (χ3n) is 2.86. The number of amides is 1. The van der Waals surface area contributed by atoms with Gasteiger partial charge in [-0.2, -0.15) is 0 Å². The number of nitrogens with zero attached hydrogens (tertiary/aromatic N) is 2. The van der Waals surface area contributed by atoms with E-state index in [0.29, 0.717) is 18.0 Å². The molecule has 0 saturated heterocycles. The van der Waals surface area contributed by atoms with Crippen molar-refractivity contribution in [2.75, 3.05) is 20.6 Å². The Morgan fingerprint density at radius 2 is 1.56 bits per heavy atom. The Morgan fingerprint density at radius 1 is 1.11 bits per heavy atom. The van der Waals surface area contributed by atoms with Crippen molar-refractivity contribution in [2.24, 2.45) is 4.99 Å². The number of hydrogen-bond acceptors (Lipinski definition) is 2. The molecule has 0 rings (SSSR count). The van der Waals surface area contributed by atoms with E-state index in [2.05, 4.69) is 43.3 Å². The van der Waals surface area contributed by atoms with Crippen LogP contribution in [0.3, 0.4) is 0 Å². The van der Waals surface area contributed by atoms with Crippen molar-refractivity contribution in [1.29, 1.82) is 0 Å². The Labute approximate surface area is 111 Å². The molecule has 106 valence electrons. The molecule has 0 aliphatic carbocycles. The third-order valence-corrected chi connectivity index (χ3v) is 2.86. The second-order valence-corrected chi connectivity index (χ2v) is 4.86. The average molecular weight is 256 g/mol. The molecule has 0 aromatic carbocycles. The Balaban J connectivity index is 4.53. The van der Waals surface area contributed by atoms with E-state index in [1.807, 2.05) is 0 Å². The van der Waals surface area contributed by atoms with Crippen LogP contribution in [0.2, 0.25) is 0 Å². The van der Waals surface area contributed by atoms with Gasteiger partial charge in [0.2, 0.25) is 5.91 Å². The SMILES string of the molecule is CCC(C)NC(=NCC(=O)N(C)C)NC(C)CC. The van der Waals surface area contributed by atoms with Gasteiger partial charge in [0.15, 0.2) is 5.96 Å². The second kappa shape index (κ2) is 8.78. The number of hydrogen-bond donors (Lipinski definition) is 2. The summed E-state index contributed by atoms with van der Waals surface area (Å²) in [4.78, 5) is 17.4. The second-order valence-electron chi connectivity index (χ2n) is 4.86. The van der Waals surface area contributed by atoms with Crippen molar-refractivity contribution < 1.29 is 4.79 Å². The lowest BCUT2D eigenvalue weighted by Gasteiger charge is -2.20. The van der Waals surface area contributed by atoms with Gasteiger partial charge in [-0.3, -0.25) is 4.79 Å². The highest BCUT2D eigenvalue weighted by Crippen LogP contribution is 1.92. The number of guanidine groups is 1. The molecular weight excluding hydrogens is 228 g/mol. The Hall–Kier alpha value is -1.26. The van der Waals surface area contributed by atoms with Crippen molar-refractivity contribution in [1.82, 2.24) is 15.5 Å². The molecule has 2 unspecified atom stereocenters. The first kappa shape index (κ1) is 16.7. The van der Waals surface area contributed by atoms with Gasteiger partial charge in [-0.1, -0.05) is 13.8 Å². The Bertz CT molecular complexity index is 262. The summed E-state index contributed by atoms with van der Waals surface area (Å²) in [6.45, 7) is 8.60. The van der Waals surface area contributed by atoms with E-state index in [1.54, 1.807) is 19.0 Å².